The molecule has 1 fully saturated rings. The van der Waals surface area contributed by atoms with Crippen LogP contribution in [0.5, 0.6) is 0 Å². The van der Waals surface area contributed by atoms with Crippen LogP contribution in [0.15, 0.2) is 29.3 Å². The van der Waals surface area contributed by atoms with Crippen LogP contribution in [0, 0.1) is 0 Å². The van der Waals surface area contributed by atoms with E-state index in [2.05, 4.69) is 24.1 Å². The van der Waals surface area contributed by atoms with E-state index in [1.165, 1.54) is 57.8 Å². The Morgan fingerprint density at radius 2 is 1.79 bits per heavy atom. The Morgan fingerprint density at radius 1 is 1.14 bits per heavy atom. The zero-order valence-corrected chi connectivity index (χ0v) is 20.3. The molecule has 3 nitrogen and oxygen atoms in total. The Hall–Kier alpha value is -0.780. The van der Waals surface area contributed by atoms with Gasteiger partial charge in [-0.25, -0.2) is 0 Å². The first-order chi connectivity index (χ1) is 14.1. The maximum absolute atomic E-state index is 6.07. The Bertz CT molecular complexity index is 651. The summed E-state index contributed by atoms with van der Waals surface area (Å²) in [7, 11) is 0. The van der Waals surface area contributed by atoms with Crippen molar-refractivity contribution >= 4 is 51.5 Å². The molecule has 1 N–H and O–H groups in total. The fourth-order valence-electron chi connectivity index (χ4n) is 3.44. The van der Waals surface area contributed by atoms with Crippen molar-refractivity contribution in [3.8, 4) is 0 Å². The Morgan fingerprint density at radius 3 is 2.45 bits per heavy atom. The van der Waals surface area contributed by atoms with E-state index in [0.717, 1.165) is 30.4 Å². The lowest BCUT2D eigenvalue weighted by molar-refractivity contribution is 0.557. The van der Waals surface area contributed by atoms with Crippen molar-refractivity contribution < 1.29 is 0 Å². The average molecular weight is 454 g/mol. The molecule has 0 spiro atoms. The third-order valence-corrected chi connectivity index (χ3v) is 6.73. The van der Waals surface area contributed by atoms with E-state index in [-0.39, 0.29) is 0 Å². The molecule has 162 valence electrons. The minimum atomic E-state index is 0.501. The monoisotopic (exact) mass is 453 g/mol. The molecule has 1 saturated heterocycles. The molecular weight excluding hydrogens is 418 g/mol. The predicted octanol–water partition coefficient (Wildman–Crippen LogP) is 7.75. The largest absolute Gasteiger partial charge is 0.332 e. The number of amidine groups is 1. The van der Waals surface area contributed by atoms with Crippen LogP contribution in [0.1, 0.15) is 78.1 Å². The molecule has 1 atom stereocenters. The summed E-state index contributed by atoms with van der Waals surface area (Å²) < 4.78 is 0. The molecule has 2 rings (SSSR count). The minimum Gasteiger partial charge on any atom is -0.332 e. The van der Waals surface area contributed by atoms with E-state index in [1.807, 2.05) is 36.0 Å². The molecule has 1 aromatic carbocycles. The number of halogens is 1. The quantitative estimate of drug-likeness (QED) is 0.258. The predicted molar refractivity (Wildman–Crippen MR) is 136 cm³/mol. The summed E-state index contributed by atoms with van der Waals surface area (Å²) in [6.45, 7) is 6.29. The van der Waals surface area contributed by atoms with Gasteiger partial charge in [-0.05, 0) is 36.8 Å². The van der Waals surface area contributed by atoms with Gasteiger partial charge in [-0.1, -0.05) is 101 Å². The van der Waals surface area contributed by atoms with Gasteiger partial charge in [0.1, 0.15) is 0 Å². The third kappa shape index (κ3) is 9.71. The van der Waals surface area contributed by atoms with Crippen LogP contribution in [0.3, 0.4) is 0 Å². The minimum absolute atomic E-state index is 0.501. The molecule has 6 heteroatoms. The number of hydrogen-bond donors (Lipinski definition) is 1. The van der Waals surface area contributed by atoms with Gasteiger partial charge in [-0.3, -0.25) is 9.89 Å². The van der Waals surface area contributed by atoms with Crippen LogP contribution in [-0.4, -0.2) is 33.5 Å². The highest BCUT2D eigenvalue weighted by molar-refractivity contribution is 8.14. The first-order valence-corrected chi connectivity index (χ1v) is 12.8. The highest BCUT2D eigenvalue weighted by Gasteiger charge is 2.28. The van der Waals surface area contributed by atoms with Gasteiger partial charge in [0.15, 0.2) is 10.3 Å². The van der Waals surface area contributed by atoms with Gasteiger partial charge in [-0.2, -0.15) is 0 Å². The Labute approximate surface area is 192 Å². The van der Waals surface area contributed by atoms with Gasteiger partial charge in [0, 0.05) is 29.0 Å². The average Bonchev–Trinajstić information content (AvgIpc) is 3.07. The Balaban J connectivity index is 1.67. The van der Waals surface area contributed by atoms with Crippen molar-refractivity contribution in [1.29, 1.82) is 0 Å². The number of thioether (sulfide) groups is 1. The molecule has 29 heavy (non-hydrogen) atoms. The number of hydrogen-bond acceptors (Lipinski definition) is 3. The zero-order valence-electron chi connectivity index (χ0n) is 18.0. The van der Waals surface area contributed by atoms with Crippen molar-refractivity contribution in [1.82, 2.24) is 4.90 Å². The van der Waals surface area contributed by atoms with Crippen molar-refractivity contribution in [3.63, 3.8) is 0 Å². The molecule has 0 amide bonds. The number of aliphatic imine (C=N–C) groups is 1. The molecule has 1 aliphatic heterocycles. The molecule has 0 aromatic heterocycles. The lowest BCUT2D eigenvalue weighted by Crippen LogP contribution is -2.36. The maximum atomic E-state index is 6.07. The second-order valence-corrected chi connectivity index (χ2v) is 10.1. The van der Waals surface area contributed by atoms with E-state index in [9.17, 15) is 0 Å². The van der Waals surface area contributed by atoms with E-state index in [0.29, 0.717) is 15.4 Å². The van der Waals surface area contributed by atoms with E-state index in [4.69, 9.17) is 28.8 Å². The molecule has 0 radical (unpaired) electrons. The number of benzene rings is 1. The van der Waals surface area contributed by atoms with E-state index >= 15 is 0 Å². The summed E-state index contributed by atoms with van der Waals surface area (Å²) in [5.41, 5.74) is 0.918. The molecule has 0 aliphatic carbocycles. The summed E-state index contributed by atoms with van der Waals surface area (Å²) >= 11 is 13.5. The molecule has 1 aromatic rings. The zero-order chi connectivity index (χ0) is 20.9. The van der Waals surface area contributed by atoms with Gasteiger partial charge in [0.2, 0.25) is 0 Å². The molecule has 1 heterocycles. The lowest BCUT2D eigenvalue weighted by Gasteiger charge is -2.20. The number of anilines is 1. The van der Waals surface area contributed by atoms with Crippen LogP contribution in [0.25, 0.3) is 0 Å². The van der Waals surface area contributed by atoms with Crippen molar-refractivity contribution in [2.24, 2.45) is 4.99 Å². The number of rotatable bonds is 12. The van der Waals surface area contributed by atoms with Crippen LogP contribution in [-0.2, 0) is 0 Å². The topological polar surface area (TPSA) is 27.6 Å². The summed E-state index contributed by atoms with van der Waals surface area (Å²) in [6.07, 6.45) is 13.5. The van der Waals surface area contributed by atoms with Gasteiger partial charge < -0.3 is 5.32 Å². The number of nitrogens with one attached hydrogen (secondary N) is 1. The second-order valence-electron chi connectivity index (χ2n) is 7.83. The second kappa shape index (κ2) is 14.3. The van der Waals surface area contributed by atoms with Crippen LogP contribution >= 0.6 is 35.6 Å². The first kappa shape index (κ1) is 24.5. The number of nitrogens with zero attached hydrogens (tertiary/aromatic N) is 2. The van der Waals surface area contributed by atoms with Crippen LogP contribution in [0.4, 0.5) is 5.69 Å². The van der Waals surface area contributed by atoms with Gasteiger partial charge >= 0.3 is 0 Å². The highest BCUT2D eigenvalue weighted by atomic mass is 35.5. The molecule has 0 saturated carbocycles. The SMILES string of the molecule is CCCCCCCCCCCCN=C1SC(C)CN1C(=S)Nc1cccc(Cl)c1. The summed E-state index contributed by atoms with van der Waals surface area (Å²) in [5, 5.41) is 6.25. The fraction of sp³-hybridized carbons (Fsp3) is 0.652. The number of unbranched alkanes of at least 4 members (excludes halogenated alkanes) is 9. The van der Waals surface area contributed by atoms with Crippen LogP contribution < -0.4 is 5.32 Å². The standard InChI is InChI=1S/C23H36ClN3S2/c1-3-4-5-6-7-8-9-10-11-12-16-25-23-27(18-19(2)29-23)22(28)26-21-15-13-14-20(24)17-21/h13-15,17,19H,3-12,16,18H2,1-2H3,(H,26,28). The molecule has 1 unspecified atom stereocenters. The van der Waals surface area contributed by atoms with Crippen molar-refractivity contribution in [3.05, 3.63) is 29.3 Å². The van der Waals surface area contributed by atoms with Gasteiger partial charge in [0.05, 0.1) is 0 Å². The molecule has 0 bridgehead atoms. The van der Waals surface area contributed by atoms with Crippen LogP contribution in [0.2, 0.25) is 5.02 Å². The summed E-state index contributed by atoms with van der Waals surface area (Å²) in [6, 6.07) is 7.66. The van der Waals surface area contributed by atoms with Crippen molar-refractivity contribution in [2.75, 3.05) is 18.4 Å². The first-order valence-electron chi connectivity index (χ1n) is 11.2. The third-order valence-electron chi connectivity index (χ3n) is 5.06. The highest BCUT2D eigenvalue weighted by Crippen LogP contribution is 2.27. The maximum Gasteiger partial charge on any atom is 0.179 e. The van der Waals surface area contributed by atoms with Crippen molar-refractivity contribution in [2.45, 2.75) is 83.3 Å². The van der Waals surface area contributed by atoms with E-state index in [1.54, 1.807) is 0 Å². The normalized spacial score (nSPS) is 17.8. The van der Waals surface area contributed by atoms with Gasteiger partial charge in [0.25, 0.3) is 0 Å². The van der Waals surface area contributed by atoms with E-state index < -0.39 is 0 Å². The smallest absolute Gasteiger partial charge is 0.179 e. The lowest BCUT2D eigenvalue weighted by atomic mass is 10.1. The molecule has 1 aliphatic rings. The summed E-state index contributed by atoms with van der Waals surface area (Å²) in [4.78, 5) is 6.98. The fourth-order valence-corrected chi connectivity index (χ4v) is 5.01. The molecular formula is C23H36ClN3S2. The van der Waals surface area contributed by atoms with Gasteiger partial charge in [-0.15, -0.1) is 0 Å². The summed E-state index contributed by atoms with van der Waals surface area (Å²) in [5.74, 6) is 0. The number of thiocarbonyl (C=S) groups is 1. The Kier molecular flexibility index (Phi) is 12.0.